The predicted molar refractivity (Wildman–Crippen MR) is 85.8 cm³/mol. The number of piperazine rings is 1. The molecule has 1 unspecified atom stereocenters. The molecule has 0 radical (unpaired) electrons. The average molecular weight is 303 g/mol. The molecule has 1 aliphatic heterocycles. The van der Waals surface area contributed by atoms with Gasteiger partial charge in [-0.1, -0.05) is 0 Å². The summed E-state index contributed by atoms with van der Waals surface area (Å²) in [6.07, 6.45) is 3.80. The van der Waals surface area contributed by atoms with E-state index in [4.69, 9.17) is 0 Å². The summed E-state index contributed by atoms with van der Waals surface area (Å²) in [4.78, 5) is 18.3. The Labute approximate surface area is 129 Å². The van der Waals surface area contributed by atoms with Gasteiger partial charge in [0.05, 0.1) is 6.04 Å². The minimum atomic E-state index is 0.396. The molecule has 0 aromatic carbocycles. The van der Waals surface area contributed by atoms with E-state index in [9.17, 15) is 0 Å². The van der Waals surface area contributed by atoms with E-state index in [0.29, 0.717) is 6.04 Å². The Morgan fingerprint density at radius 3 is 2.52 bits per heavy atom. The van der Waals surface area contributed by atoms with Crippen molar-refractivity contribution in [3.05, 3.63) is 34.0 Å². The van der Waals surface area contributed by atoms with Crippen LogP contribution in [0.3, 0.4) is 0 Å². The van der Waals surface area contributed by atoms with Crippen LogP contribution >= 0.6 is 11.3 Å². The van der Waals surface area contributed by atoms with Crippen molar-refractivity contribution < 1.29 is 0 Å². The summed E-state index contributed by atoms with van der Waals surface area (Å²) in [6, 6.07) is 0.396. The highest BCUT2D eigenvalue weighted by molar-refractivity contribution is 7.09. The van der Waals surface area contributed by atoms with Gasteiger partial charge in [0, 0.05) is 49.6 Å². The summed E-state index contributed by atoms with van der Waals surface area (Å²) >= 11 is 1.73. The van der Waals surface area contributed by atoms with E-state index in [2.05, 4.69) is 31.7 Å². The van der Waals surface area contributed by atoms with Crippen LogP contribution in [0, 0.1) is 13.8 Å². The maximum atomic E-state index is 4.60. The number of rotatable bonds is 3. The standard InChI is InChI=1S/C15H21N5S/c1-11-10-17-15(18-12(11)2)20-7-5-19(6-8-20)13(3)14-16-4-9-21-14/h4,9-10,13H,5-8H2,1-3H3. The van der Waals surface area contributed by atoms with E-state index in [1.165, 1.54) is 5.01 Å². The largest absolute Gasteiger partial charge is 0.338 e. The molecule has 21 heavy (non-hydrogen) atoms. The zero-order valence-corrected chi connectivity index (χ0v) is 13.6. The molecule has 2 aromatic heterocycles. The first-order chi connectivity index (χ1) is 10.1. The summed E-state index contributed by atoms with van der Waals surface area (Å²) < 4.78 is 0. The predicted octanol–water partition coefficient (Wildman–Crippen LogP) is 2.43. The summed E-state index contributed by atoms with van der Waals surface area (Å²) in [7, 11) is 0. The van der Waals surface area contributed by atoms with Crippen molar-refractivity contribution in [2.24, 2.45) is 0 Å². The second-order valence-corrected chi connectivity index (χ2v) is 6.43. The molecule has 1 atom stereocenters. The zero-order chi connectivity index (χ0) is 14.8. The number of thiazole rings is 1. The van der Waals surface area contributed by atoms with E-state index >= 15 is 0 Å². The van der Waals surface area contributed by atoms with Crippen molar-refractivity contribution in [1.29, 1.82) is 0 Å². The molecule has 5 nitrogen and oxygen atoms in total. The minimum absolute atomic E-state index is 0.396. The van der Waals surface area contributed by atoms with Crippen LogP contribution in [-0.2, 0) is 0 Å². The summed E-state index contributed by atoms with van der Waals surface area (Å²) in [5.74, 6) is 0.861. The Morgan fingerprint density at radius 1 is 1.14 bits per heavy atom. The fourth-order valence-corrected chi connectivity index (χ4v) is 3.30. The Morgan fingerprint density at radius 2 is 1.90 bits per heavy atom. The minimum Gasteiger partial charge on any atom is -0.338 e. The molecule has 0 bridgehead atoms. The van der Waals surface area contributed by atoms with Gasteiger partial charge < -0.3 is 4.90 Å². The first-order valence-electron chi connectivity index (χ1n) is 7.34. The molecule has 0 amide bonds. The molecule has 0 aliphatic carbocycles. The SMILES string of the molecule is Cc1cnc(N2CCN(C(C)c3nccs3)CC2)nc1C. The lowest BCUT2D eigenvalue weighted by Crippen LogP contribution is -2.47. The third-order valence-corrected chi connectivity index (χ3v) is 5.11. The highest BCUT2D eigenvalue weighted by atomic mass is 32.1. The highest BCUT2D eigenvalue weighted by Gasteiger charge is 2.24. The Balaban J connectivity index is 1.63. The normalized spacial score (nSPS) is 18.0. The average Bonchev–Trinajstić information content (AvgIpc) is 3.04. The van der Waals surface area contributed by atoms with Gasteiger partial charge in [-0.05, 0) is 26.3 Å². The number of hydrogen-bond donors (Lipinski definition) is 0. The maximum Gasteiger partial charge on any atom is 0.225 e. The molecule has 1 fully saturated rings. The molecule has 0 spiro atoms. The third-order valence-electron chi connectivity index (χ3n) is 4.17. The molecule has 3 rings (SSSR count). The van der Waals surface area contributed by atoms with Crippen molar-refractivity contribution in [1.82, 2.24) is 19.9 Å². The fourth-order valence-electron chi connectivity index (χ4n) is 2.57. The van der Waals surface area contributed by atoms with Crippen LogP contribution in [0.4, 0.5) is 5.95 Å². The molecule has 0 N–H and O–H groups in total. The van der Waals surface area contributed by atoms with Crippen LogP contribution in [0.15, 0.2) is 17.8 Å². The first kappa shape index (κ1) is 14.4. The van der Waals surface area contributed by atoms with Gasteiger partial charge in [0.25, 0.3) is 0 Å². The second kappa shape index (κ2) is 6.07. The Kier molecular flexibility index (Phi) is 4.17. The topological polar surface area (TPSA) is 45.2 Å². The van der Waals surface area contributed by atoms with Crippen molar-refractivity contribution in [2.45, 2.75) is 26.8 Å². The molecular formula is C15H21N5S. The van der Waals surface area contributed by atoms with Gasteiger partial charge >= 0.3 is 0 Å². The van der Waals surface area contributed by atoms with Crippen LogP contribution < -0.4 is 4.90 Å². The van der Waals surface area contributed by atoms with E-state index in [-0.39, 0.29) is 0 Å². The first-order valence-corrected chi connectivity index (χ1v) is 8.22. The third kappa shape index (κ3) is 3.06. The zero-order valence-electron chi connectivity index (χ0n) is 12.8. The summed E-state index contributed by atoms with van der Waals surface area (Å²) in [6.45, 7) is 10.3. The maximum absolute atomic E-state index is 4.60. The van der Waals surface area contributed by atoms with E-state index in [1.807, 2.05) is 31.6 Å². The smallest absolute Gasteiger partial charge is 0.225 e. The van der Waals surface area contributed by atoms with Crippen LogP contribution in [0.2, 0.25) is 0 Å². The number of aryl methyl sites for hydroxylation is 2. The second-order valence-electron chi connectivity index (χ2n) is 5.51. The molecule has 112 valence electrons. The van der Waals surface area contributed by atoms with E-state index in [0.717, 1.165) is 43.4 Å². The number of aromatic nitrogens is 3. The lowest BCUT2D eigenvalue weighted by molar-refractivity contribution is 0.197. The van der Waals surface area contributed by atoms with Gasteiger partial charge in [0.2, 0.25) is 5.95 Å². The van der Waals surface area contributed by atoms with Gasteiger partial charge in [-0.25, -0.2) is 15.0 Å². The van der Waals surface area contributed by atoms with Gasteiger partial charge in [0.15, 0.2) is 0 Å². The monoisotopic (exact) mass is 303 g/mol. The van der Waals surface area contributed by atoms with Crippen molar-refractivity contribution >= 4 is 17.3 Å². The van der Waals surface area contributed by atoms with Gasteiger partial charge in [-0.15, -0.1) is 11.3 Å². The molecule has 1 aliphatic rings. The Bertz CT molecular complexity index is 590. The highest BCUT2D eigenvalue weighted by Crippen LogP contribution is 2.24. The molecule has 3 heterocycles. The van der Waals surface area contributed by atoms with Crippen molar-refractivity contribution in [3.8, 4) is 0 Å². The Hall–Kier alpha value is -1.53. The molecule has 2 aromatic rings. The number of anilines is 1. The summed E-state index contributed by atoms with van der Waals surface area (Å²) in [5, 5.41) is 3.25. The van der Waals surface area contributed by atoms with Crippen LogP contribution in [0.1, 0.15) is 29.2 Å². The van der Waals surface area contributed by atoms with Crippen LogP contribution in [0.25, 0.3) is 0 Å². The summed E-state index contributed by atoms with van der Waals surface area (Å²) in [5.41, 5.74) is 2.22. The quantitative estimate of drug-likeness (QED) is 0.871. The number of hydrogen-bond acceptors (Lipinski definition) is 6. The number of nitrogens with zero attached hydrogens (tertiary/aromatic N) is 5. The molecule has 1 saturated heterocycles. The van der Waals surface area contributed by atoms with Crippen molar-refractivity contribution in [2.75, 3.05) is 31.1 Å². The van der Waals surface area contributed by atoms with E-state index < -0.39 is 0 Å². The van der Waals surface area contributed by atoms with Gasteiger partial charge in [-0.2, -0.15) is 0 Å². The van der Waals surface area contributed by atoms with Gasteiger partial charge in [0.1, 0.15) is 5.01 Å². The fraction of sp³-hybridized carbons (Fsp3) is 0.533. The van der Waals surface area contributed by atoms with Crippen LogP contribution in [-0.4, -0.2) is 46.0 Å². The lowest BCUT2D eigenvalue weighted by Gasteiger charge is -2.37. The molecule has 0 saturated carbocycles. The van der Waals surface area contributed by atoms with Crippen LogP contribution in [0.5, 0.6) is 0 Å². The van der Waals surface area contributed by atoms with Crippen molar-refractivity contribution in [3.63, 3.8) is 0 Å². The van der Waals surface area contributed by atoms with E-state index in [1.54, 1.807) is 11.3 Å². The lowest BCUT2D eigenvalue weighted by atomic mass is 10.2. The molecular weight excluding hydrogens is 282 g/mol. The van der Waals surface area contributed by atoms with Gasteiger partial charge in [-0.3, -0.25) is 4.90 Å². The molecule has 6 heteroatoms.